The summed E-state index contributed by atoms with van der Waals surface area (Å²) in [6, 6.07) is 7.65. The largest absolute Gasteiger partial charge is 0.495 e. The maximum atomic E-state index is 13.5. The molecular formula is C15H14F2N2O2. The highest BCUT2D eigenvalue weighted by Gasteiger charge is 2.15. The molecule has 0 atom stereocenters. The van der Waals surface area contributed by atoms with Crippen molar-refractivity contribution < 1.29 is 18.3 Å². The van der Waals surface area contributed by atoms with Crippen LogP contribution in [0.1, 0.15) is 15.9 Å². The number of benzene rings is 2. The first-order valence-corrected chi connectivity index (χ1v) is 6.18. The van der Waals surface area contributed by atoms with E-state index in [9.17, 15) is 13.6 Å². The average Bonchev–Trinajstić information content (AvgIpc) is 2.49. The Labute approximate surface area is 120 Å². The fourth-order valence-corrected chi connectivity index (χ4v) is 1.83. The fraction of sp³-hybridized carbons (Fsp3) is 0.133. The first-order valence-electron chi connectivity index (χ1n) is 6.18. The van der Waals surface area contributed by atoms with Gasteiger partial charge in [-0.05, 0) is 35.9 Å². The molecule has 1 amide bonds. The predicted molar refractivity (Wildman–Crippen MR) is 75.2 cm³/mol. The number of nitrogens with one attached hydrogen (secondary N) is 1. The lowest BCUT2D eigenvalue weighted by Crippen LogP contribution is -2.15. The molecular weight excluding hydrogens is 278 g/mol. The standard InChI is InChI=1S/C15H14F2N2O2/c1-21-14-6-9(8-18)2-5-13(14)19-15(20)11-7-10(16)3-4-12(11)17/h2-7H,8,18H2,1H3,(H,19,20). The lowest BCUT2D eigenvalue weighted by molar-refractivity contribution is 0.102. The number of hydrogen-bond acceptors (Lipinski definition) is 3. The number of halogens is 2. The van der Waals surface area contributed by atoms with Crippen LogP contribution in [-0.4, -0.2) is 13.0 Å². The zero-order valence-corrected chi connectivity index (χ0v) is 11.3. The van der Waals surface area contributed by atoms with Gasteiger partial charge in [0.25, 0.3) is 5.91 Å². The van der Waals surface area contributed by atoms with Crippen molar-refractivity contribution in [3.8, 4) is 5.75 Å². The molecule has 2 aromatic carbocycles. The van der Waals surface area contributed by atoms with Crippen molar-refractivity contribution in [2.45, 2.75) is 6.54 Å². The molecule has 4 nitrogen and oxygen atoms in total. The molecule has 0 saturated heterocycles. The van der Waals surface area contributed by atoms with Gasteiger partial charge in [-0.1, -0.05) is 6.07 Å². The van der Waals surface area contributed by atoms with Gasteiger partial charge >= 0.3 is 0 Å². The van der Waals surface area contributed by atoms with Crippen LogP contribution in [0.15, 0.2) is 36.4 Å². The molecule has 0 unspecified atom stereocenters. The zero-order valence-electron chi connectivity index (χ0n) is 11.3. The van der Waals surface area contributed by atoms with Crippen molar-refractivity contribution in [1.82, 2.24) is 0 Å². The van der Waals surface area contributed by atoms with Crippen molar-refractivity contribution in [3.63, 3.8) is 0 Å². The molecule has 0 aliphatic rings. The van der Waals surface area contributed by atoms with E-state index in [1.54, 1.807) is 18.2 Å². The van der Waals surface area contributed by atoms with Gasteiger partial charge in [0.05, 0.1) is 18.4 Å². The lowest BCUT2D eigenvalue weighted by atomic mass is 10.1. The van der Waals surface area contributed by atoms with E-state index in [1.165, 1.54) is 7.11 Å². The van der Waals surface area contributed by atoms with Crippen LogP contribution in [0.4, 0.5) is 14.5 Å². The number of ether oxygens (including phenoxy) is 1. The van der Waals surface area contributed by atoms with Crippen LogP contribution in [0.2, 0.25) is 0 Å². The summed E-state index contributed by atoms with van der Waals surface area (Å²) < 4.78 is 31.8. The number of nitrogens with two attached hydrogens (primary N) is 1. The average molecular weight is 292 g/mol. The molecule has 6 heteroatoms. The van der Waals surface area contributed by atoms with E-state index in [1.807, 2.05) is 0 Å². The Morgan fingerprint density at radius 1 is 1.24 bits per heavy atom. The molecule has 3 N–H and O–H groups in total. The molecule has 0 radical (unpaired) electrons. The van der Waals surface area contributed by atoms with E-state index in [4.69, 9.17) is 10.5 Å². The molecule has 0 spiro atoms. The number of carbonyl (C=O) groups is 1. The third-order valence-corrected chi connectivity index (χ3v) is 2.92. The highest BCUT2D eigenvalue weighted by Crippen LogP contribution is 2.26. The SMILES string of the molecule is COc1cc(CN)ccc1NC(=O)c1cc(F)ccc1F. The van der Waals surface area contributed by atoms with E-state index in [0.717, 1.165) is 23.8 Å². The monoisotopic (exact) mass is 292 g/mol. The molecule has 0 saturated carbocycles. The Morgan fingerprint density at radius 2 is 2.00 bits per heavy atom. The topological polar surface area (TPSA) is 64.3 Å². The summed E-state index contributed by atoms with van der Waals surface area (Å²) in [6.07, 6.45) is 0. The summed E-state index contributed by atoms with van der Waals surface area (Å²) in [5.74, 6) is -1.85. The molecule has 0 bridgehead atoms. The summed E-state index contributed by atoms with van der Waals surface area (Å²) in [5, 5.41) is 2.49. The van der Waals surface area contributed by atoms with Crippen LogP contribution < -0.4 is 15.8 Å². The van der Waals surface area contributed by atoms with Crippen LogP contribution in [0.3, 0.4) is 0 Å². The van der Waals surface area contributed by atoms with Gasteiger partial charge in [0.2, 0.25) is 0 Å². The number of amides is 1. The minimum absolute atomic E-state index is 0.323. The van der Waals surface area contributed by atoms with E-state index in [2.05, 4.69) is 5.32 Å². The normalized spacial score (nSPS) is 10.3. The molecule has 21 heavy (non-hydrogen) atoms. The number of rotatable bonds is 4. The highest BCUT2D eigenvalue weighted by atomic mass is 19.1. The first kappa shape index (κ1) is 14.9. The van der Waals surface area contributed by atoms with Crippen LogP contribution in [-0.2, 0) is 6.54 Å². The van der Waals surface area contributed by atoms with Gasteiger partial charge in [-0.2, -0.15) is 0 Å². The van der Waals surface area contributed by atoms with Gasteiger partial charge in [-0.25, -0.2) is 8.78 Å². The van der Waals surface area contributed by atoms with Crippen LogP contribution in [0, 0.1) is 11.6 Å². The minimum atomic E-state index is -0.800. The zero-order chi connectivity index (χ0) is 15.4. The van der Waals surface area contributed by atoms with Crippen molar-refractivity contribution in [1.29, 1.82) is 0 Å². The maximum absolute atomic E-state index is 13.5. The van der Waals surface area contributed by atoms with Crippen LogP contribution in [0.25, 0.3) is 0 Å². The number of anilines is 1. The smallest absolute Gasteiger partial charge is 0.258 e. The molecule has 0 aliphatic heterocycles. The van der Waals surface area contributed by atoms with Crippen LogP contribution >= 0.6 is 0 Å². The summed E-state index contributed by atoms with van der Waals surface area (Å²) in [7, 11) is 1.44. The summed E-state index contributed by atoms with van der Waals surface area (Å²) in [4.78, 5) is 12.0. The molecule has 0 heterocycles. The Kier molecular flexibility index (Phi) is 4.49. The Hall–Kier alpha value is -2.47. The molecule has 0 aromatic heterocycles. The summed E-state index contributed by atoms with van der Waals surface area (Å²) >= 11 is 0. The molecule has 0 fully saturated rings. The highest BCUT2D eigenvalue weighted by molar-refractivity contribution is 6.05. The Balaban J connectivity index is 2.29. The van der Waals surface area contributed by atoms with Gasteiger partial charge in [-0.3, -0.25) is 4.79 Å². The van der Waals surface area contributed by atoms with Gasteiger partial charge in [-0.15, -0.1) is 0 Å². The molecule has 110 valence electrons. The van der Waals surface area contributed by atoms with Crippen molar-refractivity contribution in [3.05, 3.63) is 59.2 Å². The van der Waals surface area contributed by atoms with Crippen LogP contribution in [0.5, 0.6) is 5.75 Å². The van der Waals surface area contributed by atoms with Gasteiger partial charge in [0.1, 0.15) is 17.4 Å². The van der Waals surface area contributed by atoms with E-state index in [0.29, 0.717) is 18.0 Å². The Bertz CT molecular complexity index is 675. The quantitative estimate of drug-likeness (QED) is 0.910. The summed E-state index contributed by atoms with van der Waals surface area (Å²) in [5.41, 5.74) is 6.31. The fourth-order valence-electron chi connectivity index (χ4n) is 1.83. The Morgan fingerprint density at radius 3 is 2.67 bits per heavy atom. The third kappa shape index (κ3) is 3.35. The second-order valence-electron chi connectivity index (χ2n) is 4.32. The van der Waals surface area contributed by atoms with Crippen molar-refractivity contribution in [2.75, 3.05) is 12.4 Å². The van der Waals surface area contributed by atoms with E-state index in [-0.39, 0.29) is 5.56 Å². The number of carbonyl (C=O) groups excluding carboxylic acids is 1. The predicted octanol–water partition coefficient (Wildman–Crippen LogP) is 2.68. The van der Waals surface area contributed by atoms with Crippen molar-refractivity contribution in [2.24, 2.45) is 5.73 Å². The van der Waals surface area contributed by atoms with Gasteiger partial charge < -0.3 is 15.8 Å². The van der Waals surface area contributed by atoms with Crippen molar-refractivity contribution >= 4 is 11.6 Å². The summed E-state index contributed by atoms with van der Waals surface area (Å²) in [6.45, 7) is 0.323. The third-order valence-electron chi connectivity index (χ3n) is 2.92. The van der Waals surface area contributed by atoms with E-state index < -0.39 is 17.5 Å². The second-order valence-corrected chi connectivity index (χ2v) is 4.32. The second kappa shape index (κ2) is 6.32. The molecule has 2 rings (SSSR count). The maximum Gasteiger partial charge on any atom is 0.258 e. The number of hydrogen-bond donors (Lipinski definition) is 2. The van der Waals surface area contributed by atoms with Gasteiger partial charge in [0.15, 0.2) is 0 Å². The molecule has 2 aromatic rings. The lowest BCUT2D eigenvalue weighted by Gasteiger charge is -2.12. The number of methoxy groups -OCH3 is 1. The minimum Gasteiger partial charge on any atom is -0.495 e. The first-order chi connectivity index (χ1) is 10.0. The van der Waals surface area contributed by atoms with E-state index >= 15 is 0 Å². The molecule has 0 aliphatic carbocycles. The van der Waals surface area contributed by atoms with Gasteiger partial charge in [0, 0.05) is 6.54 Å².